The smallest absolute Gasteiger partial charge is 0.161 e. The molecule has 1 N–H and O–H groups in total. The summed E-state index contributed by atoms with van der Waals surface area (Å²) in [7, 11) is 7.54. The predicted molar refractivity (Wildman–Crippen MR) is 84.7 cm³/mol. The van der Waals surface area contributed by atoms with E-state index in [0.717, 1.165) is 29.1 Å². The molecule has 0 aromatic heterocycles. The van der Waals surface area contributed by atoms with Gasteiger partial charge in [-0.2, -0.15) is 0 Å². The predicted octanol–water partition coefficient (Wildman–Crippen LogP) is 2.68. The molecule has 1 saturated heterocycles. The summed E-state index contributed by atoms with van der Waals surface area (Å²) in [5.41, 5.74) is 1.27. The van der Waals surface area contributed by atoms with Gasteiger partial charge in [0.15, 0.2) is 11.5 Å². The molecule has 0 saturated carbocycles. The van der Waals surface area contributed by atoms with Crippen LogP contribution in [0.25, 0.3) is 0 Å². The first kappa shape index (κ1) is 15.6. The van der Waals surface area contributed by atoms with Crippen LogP contribution in [0.15, 0.2) is 16.6 Å². The van der Waals surface area contributed by atoms with Crippen molar-refractivity contribution in [1.29, 1.82) is 0 Å². The van der Waals surface area contributed by atoms with Crippen molar-refractivity contribution in [2.24, 2.45) is 5.92 Å². The molecule has 0 aliphatic carbocycles. The fourth-order valence-corrected chi connectivity index (χ4v) is 3.65. The summed E-state index contributed by atoms with van der Waals surface area (Å²) in [6, 6.07) is 4.49. The van der Waals surface area contributed by atoms with E-state index in [4.69, 9.17) is 9.47 Å². The maximum absolute atomic E-state index is 5.44. The molecule has 112 valence electrons. The van der Waals surface area contributed by atoms with Crippen molar-refractivity contribution >= 4 is 15.9 Å². The van der Waals surface area contributed by atoms with Crippen LogP contribution in [0, 0.1) is 5.92 Å². The zero-order valence-electron chi connectivity index (χ0n) is 12.6. The fourth-order valence-electron chi connectivity index (χ4n) is 3.09. The Kier molecular flexibility index (Phi) is 5.29. The second-order valence-corrected chi connectivity index (χ2v) is 6.11. The van der Waals surface area contributed by atoms with Gasteiger partial charge in [-0.05, 0) is 57.2 Å². The highest BCUT2D eigenvalue weighted by Crippen LogP contribution is 2.43. The van der Waals surface area contributed by atoms with Crippen LogP contribution in [-0.2, 0) is 0 Å². The number of hydrogen-bond acceptors (Lipinski definition) is 4. The van der Waals surface area contributed by atoms with Gasteiger partial charge < -0.3 is 14.8 Å². The van der Waals surface area contributed by atoms with Crippen LogP contribution in [0.2, 0.25) is 0 Å². The summed E-state index contributed by atoms with van der Waals surface area (Å²) in [5, 5.41) is 3.30. The Bertz CT molecular complexity index is 465. The Hall–Kier alpha value is -0.780. The topological polar surface area (TPSA) is 33.7 Å². The van der Waals surface area contributed by atoms with E-state index in [9.17, 15) is 0 Å². The quantitative estimate of drug-likeness (QED) is 0.891. The fraction of sp³-hybridized carbons (Fsp3) is 0.600. The molecule has 2 unspecified atom stereocenters. The Morgan fingerprint density at radius 2 is 1.95 bits per heavy atom. The van der Waals surface area contributed by atoms with Gasteiger partial charge in [0.25, 0.3) is 0 Å². The van der Waals surface area contributed by atoms with E-state index in [-0.39, 0.29) is 0 Å². The average Bonchev–Trinajstić information content (AvgIpc) is 2.80. The van der Waals surface area contributed by atoms with Crippen molar-refractivity contribution in [3.63, 3.8) is 0 Å². The number of likely N-dealkylation sites (tertiary alicyclic amines) is 1. The summed E-state index contributed by atoms with van der Waals surface area (Å²) in [6.07, 6.45) is 1.21. The third kappa shape index (κ3) is 2.95. The number of rotatable bonds is 5. The number of hydrogen-bond donors (Lipinski definition) is 1. The molecule has 0 bridgehead atoms. The van der Waals surface area contributed by atoms with Crippen molar-refractivity contribution < 1.29 is 9.47 Å². The number of halogens is 1. The second-order valence-electron chi connectivity index (χ2n) is 5.26. The van der Waals surface area contributed by atoms with E-state index >= 15 is 0 Å². The highest BCUT2D eigenvalue weighted by Gasteiger charge is 2.34. The third-order valence-electron chi connectivity index (χ3n) is 4.06. The molecule has 1 aromatic carbocycles. The lowest BCUT2D eigenvalue weighted by molar-refractivity contribution is 0.271. The minimum Gasteiger partial charge on any atom is -0.493 e. The van der Waals surface area contributed by atoms with E-state index in [1.54, 1.807) is 14.2 Å². The molecule has 1 heterocycles. The molecule has 0 radical (unpaired) electrons. The average molecular weight is 343 g/mol. The van der Waals surface area contributed by atoms with Gasteiger partial charge in [-0.15, -0.1) is 0 Å². The van der Waals surface area contributed by atoms with E-state index < -0.39 is 0 Å². The summed E-state index contributed by atoms with van der Waals surface area (Å²) < 4.78 is 11.9. The highest BCUT2D eigenvalue weighted by atomic mass is 79.9. The maximum Gasteiger partial charge on any atom is 0.161 e. The molecule has 1 aliphatic heterocycles. The molecule has 0 spiro atoms. The lowest BCUT2D eigenvalue weighted by Gasteiger charge is -2.27. The molecular formula is C15H23BrN2O2. The van der Waals surface area contributed by atoms with Gasteiger partial charge in [-0.1, -0.05) is 15.9 Å². The van der Waals surface area contributed by atoms with Crippen molar-refractivity contribution in [1.82, 2.24) is 10.2 Å². The van der Waals surface area contributed by atoms with E-state index in [0.29, 0.717) is 12.0 Å². The van der Waals surface area contributed by atoms with Crippen molar-refractivity contribution in [2.45, 2.75) is 12.5 Å². The third-order valence-corrected chi connectivity index (χ3v) is 4.75. The summed E-state index contributed by atoms with van der Waals surface area (Å²) >= 11 is 3.68. The van der Waals surface area contributed by atoms with Crippen LogP contribution in [-0.4, -0.2) is 46.3 Å². The van der Waals surface area contributed by atoms with Crippen LogP contribution in [0.5, 0.6) is 11.5 Å². The monoisotopic (exact) mass is 342 g/mol. The number of ether oxygens (including phenoxy) is 2. The Balaban J connectivity index is 2.39. The van der Waals surface area contributed by atoms with Crippen LogP contribution < -0.4 is 14.8 Å². The summed E-state index contributed by atoms with van der Waals surface area (Å²) in [6.45, 7) is 2.15. The van der Waals surface area contributed by atoms with Gasteiger partial charge in [0.05, 0.1) is 14.2 Å². The van der Waals surface area contributed by atoms with E-state index in [2.05, 4.69) is 39.3 Å². The van der Waals surface area contributed by atoms with Gasteiger partial charge in [-0.3, -0.25) is 4.90 Å². The van der Waals surface area contributed by atoms with Crippen LogP contribution in [0.1, 0.15) is 18.0 Å². The Morgan fingerprint density at radius 1 is 1.30 bits per heavy atom. The normalized spacial score (nSPS) is 23.1. The van der Waals surface area contributed by atoms with Crippen molar-refractivity contribution in [3.05, 3.63) is 22.2 Å². The first-order chi connectivity index (χ1) is 9.62. The van der Waals surface area contributed by atoms with Crippen LogP contribution in [0.3, 0.4) is 0 Å². The standard InChI is InChI=1S/C15H23BrN2O2/c1-17-9-10-5-6-18(2)15(10)11-7-13(19-3)14(20-4)8-12(11)16/h7-8,10,15,17H,5-6,9H2,1-4H3. The number of benzene rings is 1. The lowest BCUT2D eigenvalue weighted by atomic mass is 9.93. The SMILES string of the molecule is CNCC1CCN(C)C1c1cc(OC)c(OC)cc1Br. The summed E-state index contributed by atoms with van der Waals surface area (Å²) in [4.78, 5) is 2.41. The molecule has 1 aromatic rings. The van der Waals surface area contributed by atoms with Gasteiger partial charge in [-0.25, -0.2) is 0 Å². The van der Waals surface area contributed by atoms with Crippen LogP contribution >= 0.6 is 15.9 Å². The molecule has 0 amide bonds. The Labute approximate surface area is 129 Å². The molecule has 5 heteroatoms. The van der Waals surface area contributed by atoms with Gasteiger partial charge in [0.1, 0.15) is 0 Å². The zero-order valence-corrected chi connectivity index (χ0v) is 14.2. The van der Waals surface area contributed by atoms with Gasteiger partial charge in [0, 0.05) is 10.5 Å². The van der Waals surface area contributed by atoms with E-state index in [1.165, 1.54) is 12.0 Å². The van der Waals surface area contributed by atoms with Crippen LogP contribution in [0.4, 0.5) is 0 Å². The minimum atomic E-state index is 0.400. The number of methoxy groups -OCH3 is 2. The van der Waals surface area contributed by atoms with Gasteiger partial charge in [0.2, 0.25) is 0 Å². The minimum absolute atomic E-state index is 0.400. The number of nitrogens with zero attached hydrogens (tertiary/aromatic N) is 1. The molecule has 2 rings (SSSR count). The van der Waals surface area contributed by atoms with Gasteiger partial charge >= 0.3 is 0 Å². The largest absolute Gasteiger partial charge is 0.493 e. The lowest BCUT2D eigenvalue weighted by Crippen LogP contribution is -2.27. The maximum atomic E-state index is 5.44. The molecule has 4 nitrogen and oxygen atoms in total. The molecule has 2 atom stereocenters. The van der Waals surface area contributed by atoms with Crippen molar-refractivity contribution in [3.8, 4) is 11.5 Å². The van der Waals surface area contributed by atoms with Crippen molar-refractivity contribution in [2.75, 3.05) is 41.4 Å². The Morgan fingerprint density at radius 3 is 2.55 bits per heavy atom. The molecular weight excluding hydrogens is 320 g/mol. The van der Waals surface area contributed by atoms with E-state index in [1.807, 2.05) is 13.1 Å². The first-order valence-electron chi connectivity index (χ1n) is 6.88. The highest BCUT2D eigenvalue weighted by molar-refractivity contribution is 9.10. The molecule has 1 aliphatic rings. The molecule has 1 fully saturated rings. The number of nitrogens with one attached hydrogen (secondary N) is 1. The second kappa shape index (κ2) is 6.78. The first-order valence-corrected chi connectivity index (χ1v) is 7.68. The molecule has 20 heavy (non-hydrogen) atoms. The summed E-state index contributed by atoms with van der Waals surface area (Å²) in [5.74, 6) is 2.16. The zero-order chi connectivity index (χ0) is 14.7.